The number of aromatic nitrogens is 2. The lowest BCUT2D eigenvalue weighted by Gasteiger charge is -2.21. The number of rotatable bonds is 5. The van der Waals surface area contributed by atoms with Gasteiger partial charge in [0.25, 0.3) is 0 Å². The van der Waals surface area contributed by atoms with E-state index in [1.54, 1.807) is 11.3 Å². The molecule has 0 unspecified atom stereocenters. The van der Waals surface area contributed by atoms with Crippen LogP contribution in [-0.4, -0.2) is 21.0 Å². The van der Waals surface area contributed by atoms with Crippen LogP contribution in [0.5, 0.6) is 0 Å². The number of thiophene rings is 1. The molecule has 0 spiro atoms. The number of aliphatic hydroxyl groups excluding tert-OH is 1. The molecule has 1 amide bonds. The molecule has 1 aliphatic rings. The molecule has 160 valence electrons. The van der Waals surface area contributed by atoms with E-state index in [2.05, 4.69) is 21.2 Å². The summed E-state index contributed by atoms with van der Waals surface area (Å²) in [4.78, 5) is 23.6. The summed E-state index contributed by atoms with van der Waals surface area (Å²) in [6.07, 6.45) is 1.84. The van der Waals surface area contributed by atoms with Gasteiger partial charge in [0, 0.05) is 10.0 Å². The topological polar surface area (TPSA) is 75.1 Å². The molecule has 32 heavy (non-hydrogen) atoms. The minimum absolute atomic E-state index is 0.0234. The van der Waals surface area contributed by atoms with Gasteiger partial charge in [0.1, 0.15) is 5.69 Å². The van der Waals surface area contributed by atoms with E-state index in [1.165, 1.54) is 5.56 Å². The van der Waals surface area contributed by atoms with Crippen molar-refractivity contribution < 1.29 is 9.90 Å². The van der Waals surface area contributed by atoms with Gasteiger partial charge in [-0.25, -0.2) is 9.97 Å². The SMILES string of the molecule is O=C(Cc1ccc(Br)cc1)Nc1nc2c(nc1-c1cccs1)-c1ccc(CO)cc1CC2. The fourth-order valence-electron chi connectivity index (χ4n) is 3.93. The first-order valence-corrected chi connectivity index (χ1v) is 12.0. The molecule has 2 aromatic heterocycles. The predicted molar refractivity (Wildman–Crippen MR) is 131 cm³/mol. The maximum Gasteiger partial charge on any atom is 0.230 e. The third kappa shape index (κ3) is 4.24. The summed E-state index contributed by atoms with van der Waals surface area (Å²) in [5.74, 6) is 0.381. The molecule has 0 aliphatic heterocycles. The van der Waals surface area contributed by atoms with Crippen LogP contribution in [0.25, 0.3) is 21.8 Å². The number of halogens is 1. The van der Waals surface area contributed by atoms with Crippen LogP contribution in [0.1, 0.15) is 22.4 Å². The van der Waals surface area contributed by atoms with E-state index in [1.807, 2.05) is 60.0 Å². The van der Waals surface area contributed by atoms with Crippen LogP contribution in [0.3, 0.4) is 0 Å². The molecule has 1 aliphatic carbocycles. The van der Waals surface area contributed by atoms with Crippen molar-refractivity contribution in [2.45, 2.75) is 25.9 Å². The summed E-state index contributed by atoms with van der Waals surface area (Å²) in [5.41, 5.74) is 6.46. The van der Waals surface area contributed by atoms with E-state index in [9.17, 15) is 9.90 Å². The molecule has 5 nitrogen and oxygen atoms in total. The Balaban J connectivity index is 1.51. The van der Waals surface area contributed by atoms with Crippen LogP contribution in [-0.2, 0) is 30.7 Å². The summed E-state index contributed by atoms with van der Waals surface area (Å²) in [5, 5.41) is 14.5. The number of benzene rings is 2. The second-order valence-electron chi connectivity index (χ2n) is 7.69. The van der Waals surface area contributed by atoms with E-state index in [4.69, 9.17) is 9.97 Å². The minimum Gasteiger partial charge on any atom is -0.392 e. The lowest BCUT2D eigenvalue weighted by molar-refractivity contribution is -0.115. The van der Waals surface area contributed by atoms with Crippen LogP contribution in [0.15, 0.2) is 64.5 Å². The van der Waals surface area contributed by atoms with Gasteiger partial charge in [-0.2, -0.15) is 0 Å². The summed E-state index contributed by atoms with van der Waals surface area (Å²) < 4.78 is 0.980. The Kier molecular flexibility index (Phi) is 5.87. The van der Waals surface area contributed by atoms with E-state index < -0.39 is 0 Å². The Morgan fingerprint density at radius 1 is 1.03 bits per heavy atom. The Morgan fingerprint density at radius 3 is 2.59 bits per heavy atom. The molecule has 0 atom stereocenters. The lowest BCUT2D eigenvalue weighted by atomic mass is 9.90. The van der Waals surface area contributed by atoms with Crippen molar-refractivity contribution >= 4 is 39.0 Å². The number of carbonyl (C=O) groups excluding carboxylic acids is 1. The number of hydrogen-bond acceptors (Lipinski definition) is 5. The van der Waals surface area contributed by atoms with E-state index >= 15 is 0 Å². The Morgan fingerprint density at radius 2 is 1.84 bits per heavy atom. The lowest BCUT2D eigenvalue weighted by Crippen LogP contribution is -2.18. The van der Waals surface area contributed by atoms with Crippen molar-refractivity contribution in [2.75, 3.05) is 5.32 Å². The number of nitrogens with zero attached hydrogens (tertiary/aromatic N) is 2. The quantitative estimate of drug-likeness (QED) is 0.380. The van der Waals surface area contributed by atoms with Gasteiger partial charge in [-0.1, -0.05) is 52.3 Å². The smallest absolute Gasteiger partial charge is 0.230 e. The van der Waals surface area contributed by atoms with Crippen molar-refractivity contribution in [3.8, 4) is 21.8 Å². The molecule has 0 fully saturated rings. The summed E-state index contributed by atoms with van der Waals surface area (Å²) in [7, 11) is 0. The summed E-state index contributed by atoms with van der Waals surface area (Å²) in [6, 6.07) is 17.7. The first kappa shape index (κ1) is 21.0. The molecule has 0 saturated carbocycles. The van der Waals surface area contributed by atoms with Crippen LogP contribution in [0, 0.1) is 0 Å². The standard InChI is InChI=1S/C25H20BrN3O2S/c26-18-7-3-15(4-8-18)13-22(31)28-25-24(21-2-1-11-32-21)29-23-19-9-5-16(14-30)12-17(19)6-10-20(23)27-25/h1-5,7-9,11-12,30H,6,10,13-14H2,(H,27,28,31). The molecule has 7 heteroatoms. The van der Waals surface area contributed by atoms with E-state index in [-0.39, 0.29) is 18.9 Å². The molecule has 5 rings (SSSR count). The van der Waals surface area contributed by atoms with E-state index in [0.29, 0.717) is 11.5 Å². The number of aliphatic hydroxyl groups is 1. The fraction of sp³-hybridized carbons (Fsp3) is 0.160. The molecule has 4 aromatic rings. The van der Waals surface area contributed by atoms with Crippen LogP contribution in [0.4, 0.5) is 5.82 Å². The maximum absolute atomic E-state index is 12.8. The fourth-order valence-corrected chi connectivity index (χ4v) is 4.91. The van der Waals surface area contributed by atoms with Crippen molar-refractivity contribution in [1.82, 2.24) is 9.97 Å². The predicted octanol–water partition coefficient (Wildman–Crippen LogP) is 5.41. The molecule has 2 N–H and O–H groups in total. The highest BCUT2D eigenvalue weighted by Crippen LogP contribution is 2.37. The Labute approximate surface area is 198 Å². The third-order valence-electron chi connectivity index (χ3n) is 5.50. The van der Waals surface area contributed by atoms with Gasteiger partial charge < -0.3 is 10.4 Å². The molecule has 0 bridgehead atoms. The van der Waals surface area contributed by atoms with Gasteiger partial charge >= 0.3 is 0 Å². The first-order valence-electron chi connectivity index (χ1n) is 10.3. The average Bonchev–Trinajstić information content (AvgIpc) is 3.34. The summed E-state index contributed by atoms with van der Waals surface area (Å²) in [6.45, 7) is 0.0234. The van der Waals surface area contributed by atoms with Crippen molar-refractivity contribution in [2.24, 2.45) is 0 Å². The number of nitrogens with one attached hydrogen (secondary N) is 1. The molecule has 0 radical (unpaired) electrons. The zero-order valence-corrected chi connectivity index (χ0v) is 19.5. The van der Waals surface area contributed by atoms with Gasteiger partial charge in [0.15, 0.2) is 5.82 Å². The van der Waals surface area contributed by atoms with Gasteiger partial charge in [-0.15, -0.1) is 11.3 Å². The maximum atomic E-state index is 12.8. The largest absolute Gasteiger partial charge is 0.392 e. The number of carbonyl (C=O) groups is 1. The molecular formula is C25H20BrN3O2S. The number of anilines is 1. The third-order valence-corrected chi connectivity index (χ3v) is 6.90. The van der Waals surface area contributed by atoms with Gasteiger partial charge in [0.2, 0.25) is 5.91 Å². The molecule has 2 aromatic carbocycles. The second kappa shape index (κ2) is 8.94. The Bertz CT molecular complexity index is 1290. The monoisotopic (exact) mass is 505 g/mol. The molecule has 2 heterocycles. The molecule has 0 saturated heterocycles. The molecular weight excluding hydrogens is 486 g/mol. The van der Waals surface area contributed by atoms with Crippen LogP contribution < -0.4 is 5.32 Å². The zero-order valence-electron chi connectivity index (χ0n) is 17.1. The average molecular weight is 506 g/mol. The number of amides is 1. The Hall–Kier alpha value is -2.87. The second-order valence-corrected chi connectivity index (χ2v) is 9.56. The van der Waals surface area contributed by atoms with Crippen LogP contribution >= 0.6 is 27.3 Å². The first-order chi connectivity index (χ1) is 15.6. The van der Waals surface area contributed by atoms with Crippen molar-refractivity contribution in [3.63, 3.8) is 0 Å². The highest BCUT2D eigenvalue weighted by Gasteiger charge is 2.23. The number of hydrogen-bond donors (Lipinski definition) is 2. The van der Waals surface area contributed by atoms with Crippen LogP contribution in [0.2, 0.25) is 0 Å². The zero-order chi connectivity index (χ0) is 22.1. The van der Waals surface area contributed by atoms with Gasteiger partial charge in [-0.3, -0.25) is 4.79 Å². The summed E-state index contributed by atoms with van der Waals surface area (Å²) >= 11 is 4.99. The van der Waals surface area contributed by atoms with Crippen molar-refractivity contribution in [1.29, 1.82) is 0 Å². The van der Waals surface area contributed by atoms with Crippen molar-refractivity contribution in [3.05, 3.63) is 86.8 Å². The van der Waals surface area contributed by atoms with E-state index in [0.717, 1.165) is 50.3 Å². The normalized spacial score (nSPS) is 12.2. The van der Waals surface area contributed by atoms with Gasteiger partial charge in [0.05, 0.1) is 29.3 Å². The highest BCUT2D eigenvalue weighted by molar-refractivity contribution is 9.10. The highest BCUT2D eigenvalue weighted by atomic mass is 79.9. The number of aryl methyl sites for hydroxylation is 2. The van der Waals surface area contributed by atoms with Gasteiger partial charge in [-0.05, 0) is 53.1 Å². The minimum atomic E-state index is -0.122. The number of fused-ring (bicyclic) bond motifs is 3.